The highest BCUT2D eigenvalue weighted by Crippen LogP contribution is 2.34. The molecule has 2 fully saturated rings. The molecular formula is C19H31N3O. The number of rotatable bonds is 2. The molecule has 0 spiro atoms. The summed E-state index contributed by atoms with van der Waals surface area (Å²) in [6, 6.07) is 6.12. The van der Waals surface area contributed by atoms with Crippen molar-refractivity contribution in [2.24, 2.45) is 0 Å². The quantitative estimate of drug-likeness (QED) is 0.906. The van der Waals surface area contributed by atoms with E-state index < -0.39 is 0 Å². The van der Waals surface area contributed by atoms with Crippen molar-refractivity contribution in [2.45, 2.75) is 45.6 Å². The summed E-state index contributed by atoms with van der Waals surface area (Å²) in [6.07, 6.45) is 3.90. The molecule has 0 bridgehead atoms. The van der Waals surface area contributed by atoms with Crippen LogP contribution in [-0.2, 0) is 0 Å². The SMILES string of the molecule is CC(C)(C)N1CCN(c2cc(N3CCCCC3)ccc2O)CC1. The molecule has 1 aromatic rings. The van der Waals surface area contributed by atoms with Crippen LogP contribution in [0.1, 0.15) is 40.0 Å². The van der Waals surface area contributed by atoms with Gasteiger partial charge in [0.05, 0.1) is 5.69 Å². The molecule has 23 heavy (non-hydrogen) atoms. The van der Waals surface area contributed by atoms with Gasteiger partial charge in [-0.1, -0.05) is 0 Å². The Kier molecular flexibility index (Phi) is 4.72. The van der Waals surface area contributed by atoms with Crippen LogP contribution in [0.25, 0.3) is 0 Å². The first kappa shape index (κ1) is 16.4. The summed E-state index contributed by atoms with van der Waals surface area (Å²) in [5, 5.41) is 10.3. The van der Waals surface area contributed by atoms with Gasteiger partial charge in [0.1, 0.15) is 5.75 Å². The van der Waals surface area contributed by atoms with Crippen LogP contribution >= 0.6 is 0 Å². The molecule has 128 valence electrons. The van der Waals surface area contributed by atoms with Gasteiger partial charge in [0.15, 0.2) is 0 Å². The predicted molar refractivity (Wildman–Crippen MR) is 97.7 cm³/mol. The number of benzene rings is 1. The molecule has 0 saturated carbocycles. The summed E-state index contributed by atoms with van der Waals surface area (Å²) in [5.41, 5.74) is 2.49. The highest BCUT2D eigenvalue weighted by Gasteiger charge is 2.27. The molecule has 2 aliphatic rings. The van der Waals surface area contributed by atoms with Crippen LogP contribution < -0.4 is 9.80 Å². The third kappa shape index (κ3) is 3.74. The first-order chi connectivity index (χ1) is 10.9. The normalized spacial score (nSPS) is 20.8. The van der Waals surface area contributed by atoms with Gasteiger partial charge in [0.2, 0.25) is 0 Å². The maximum Gasteiger partial charge on any atom is 0.139 e. The van der Waals surface area contributed by atoms with Gasteiger partial charge in [-0.05, 0) is 58.2 Å². The number of hydrogen-bond donors (Lipinski definition) is 1. The lowest BCUT2D eigenvalue weighted by atomic mass is 10.0. The first-order valence-electron chi connectivity index (χ1n) is 9.03. The largest absolute Gasteiger partial charge is 0.506 e. The lowest BCUT2D eigenvalue weighted by molar-refractivity contribution is 0.128. The van der Waals surface area contributed by atoms with Crippen molar-refractivity contribution in [3.05, 3.63) is 18.2 Å². The zero-order valence-corrected chi connectivity index (χ0v) is 14.9. The number of phenolic OH excluding ortho intramolecular Hbond substituents is 1. The Morgan fingerprint density at radius 3 is 2.09 bits per heavy atom. The lowest BCUT2D eigenvalue weighted by Crippen LogP contribution is -2.53. The second-order valence-electron chi connectivity index (χ2n) is 7.87. The van der Waals surface area contributed by atoms with E-state index in [-0.39, 0.29) is 5.54 Å². The molecule has 4 heteroatoms. The maximum atomic E-state index is 10.3. The summed E-state index contributed by atoms with van der Waals surface area (Å²) in [7, 11) is 0. The maximum absolute atomic E-state index is 10.3. The fourth-order valence-corrected chi connectivity index (χ4v) is 3.73. The van der Waals surface area contributed by atoms with E-state index in [0.717, 1.165) is 45.0 Å². The summed E-state index contributed by atoms with van der Waals surface area (Å²) >= 11 is 0. The highest BCUT2D eigenvalue weighted by atomic mass is 16.3. The van der Waals surface area contributed by atoms with Gasteiger partial charge < -0.3 is 14.9 Å². The van der Waals surface area contributed by atoms with E-state index in [1.165, 1.54) is 24.9 Å². The number of piperidine rings is 1. The molecule has 3 rings (SSSR count). The second-order valence-corrected chi connectivity index (χ2v) is 7.87. The molecule has 2 saturated heterocycles. The molecule has 4 nitrogen and oxygen atoms in total. The predicted octanol–water partition coefficient (Wildman–Crippen LogP) is 3.30. The van der Waals surface area contributed by atoms with Crippen LogP contribution in [0.4, 0.5) is 11.4 Å². The van der Waals surface area contributed by atoms with Gasteiger partial charge in [-0.3, -0.25) is 4.90 Å². The van der Waals surface area contributed by atoms with Gasteiger partial charge in [-0.15, -0.1) is 0 Å². The van der Waals surface area contributed by atoms with Crippen molar-refractivity contribution in [2.75, 3.05) is 49.1 Å². The van der Waals surface area contributed by atoms with Crippen LogP contribution in [0, 0.1) is 0 Å². The number of nitrogens with zero attached hydrogens (tertiary/aromatic N) is 3. The molecule has 1 N–H and O–H groups in total. The minimum atomic E-state index is 0.226. The fraction of sp³-hybridized carbons (Fsp3) is 0.684. The Morgan fingerprint density at radius 2 is 1.48 bits per heavy atom. The van der Waals surface area contributed by atoms with Gasteiger partial charge >= 0.3 is 0 Å². The van der Waals surface area contributed by atoms with Crippen molar-refractivity contribution < 1.29 is 5.11 Å². The van der Waals surface area contributed by atoms with E-state index in [1.807, 2.05) is 6.07 Å². The average molecular weight is 317 g/mol. The molecule has 0 unspecified atom stereocenters. The number of phenols is 1. The first-order valence-corrected chi connectivity index (χ1v) is 9.03. The fourth-order valence-electron chi connectivity index (χ4n) is 3.73. The number of hydrogen-bond acceptors (Lipinski definition) is 4. The monoisotopic (exact) mass is 317 g/mol. The number of aromatic hydroxyl groups is 1. The van der Waals surface area contributed by atoms with Crippen molar-refractivity contribution >= 4 is 11.4 Å². The highest BCUT2D eigenvalue weighted by molar-refractivity contribution is 5.67. The van der Waals surface area contributed by atoms with Crippen LogP contribution in [0.2, 0.25) is 0 Å². The van der Waals surface area contributed by atoms with Crippen molar-refractivity contribution in [3.8, 4) is 5.75 Å². The van der Waals surface area contributed by atoms with E-state index in [2.05, 4.69) is 47.6 Å². The Morgan fingerprint density at radius 1 is 0.826 bits per heavy atom. The second kappa shape index (κ2) is 6.60. The molecule has 1 aromatic carbocycles. The van der Waals surface area contributed by atoms with Crippen LogP contribution in [-0.4, -0.2) is 54.8 Å². The average Bonchev–Trinajstić information content (AvgIpc) is 2.55. The van der Waals surface area contributed by atoms with Crippen LogP contribution in [0.15, 0.2) is 18.2 Å². The molecule has 0 aliphatic carbocycles. The van der Waals surface area contributed by atoms with Crippen LogP contribution in [0.5, 0.6) is 5.75 Å². The molecule has 0 radical (unpaired) electrons. The number of piperazine rings is 1. The summed E-state index contributed by atoms with van der Waals surface area (Å²) in [6.45, 7) is 13.2. The minimum absolute atomic E-state index is 0.226. The molecule has 0 aromatic heterocycles. The third-order valence-electron chi connectivity index (χ3n) is 5.25. The van der Waals surface area contributed by atoms with Crippen molar-refractivity contribution in [1.82, 2.24) is 4.90 Å². The van der Waals surface area contributed by atoms with Crippen LogP contribution in [0.3, 0.4) is 0 Å². The molecule has 0 amide bonds. The van der Waals surface area contributed by atoms with Gasteiger partial charge in [-0.2, -0.15) is 0 Å². The van der Waals surface area contributed by atoms with Crippen molar-refractivity contribution in [1.29, 1.82) is 0 Å². The van der Waals surface area contributed by atoms with E-state index in [4.69, 9.17) is 0 Å². The van der Waals surface area contributed by atoms with E-state index in [0.29, 0.717) is 5.75 Å². The summed E-state index contributed by atoms with van der Waals surface area (Å²) in [5.74, 6) is 0.412. The third-order valence-corrected chi connectivity index (χ3v) is 5.25. The minimum Gasteiger partial charge on any atom is -0.506 e. The Balaban J connectivity index is 1.72. The Labute approximate surface area is 140 Å². The molecule has 2 aliphatic heterocycles. The molecular weight excluding hydrogens is 286 g/mol. The molecule has 0 atom stereocenters. The van der Waals surface area contributed by atoms with E-state index >= 15 is 0 Å². The van der Waals surface area contributed by atoms with Gasteiger partial charge in [0, 0.05) is 50.5 Å². The number of anilines is 2. The lowest BCUT2D eigenvalue weighted by Gasteiger charge is -2.43. The smallest absolute Gasteiger partial charge is 0.139 e. The standard InChI is InChI=1S/C19H31N3O/c1-19(2,3)22-13-11-21(12-14-22)17-15-16(7-8-18(17)23)20-9-5-4-6-10-20/h7-8,15,23H,4-6,9-14H2,1-3H3. The van der Waals surface area contributed by atoms with Gasteiger partial charge in [0.25, 0.3) is 0 Å². The Hall–Kier alpha value is -1.42. The van der Waals surface area contributed by atoms with Crippen molar-refractivity contribution in [3.63, 3.8) is 0 Å². The molecule has 2 heterocycles. The summed E-state index contributed by atoms with van der Waals surface area (Å²) in [4.78, 5) is 7.32. The zero-order valence-electron chi connectivity index (χ0n) is 14.9. The summed E-state index contributed by atoms with van der Waals surface area (Å²) < 4.78 is 0. The zero-order chi connectivity index (χ0) is 16.4. The van der Waals surface area contributed by atoms with Gasteiger partial charge in [-0.25, -0.2) is 0 Å². The van der Waals surface area contributed by atoms with E-state index in [9.17, 15) is 5.11 Å². The Bertz CT molecular complexity index is 524. The van der Waals surface area contributed by atoms with E-state index in [1.54, 1.807) is 0 Å². The topological polar surface area (TPSA) is 30.0 Å².